The molecule has 0 atom stereocenters. The minimum Gasteiger partial charge on any atom is -0.333 e. The molecule has 13 heavy (non-hydrogen) atoms. The fourth-order valence-corrected chi connectivity index (χ4v) is 0.567. The Morgan fingerprint density at radius 1 is 1.08 bits per heavy atom. The summed E-state index contributed by atoms with van der Waals surface area (Å²) in [6, 6.07) is -0.0417. The summed E-state index contributed by atoms with van der Waals surface area (Å²) in [4.78, 5) is 13.0. The molecule has 0 fully saturated rings. The highest BCUT2D eigenvalue weighted by Gasteiger charge is 2.34. The van der Waals surface area contributed by atoms with Crippen LogP contribution in [-0.4, -0.2) is 30.6 Å². The summed E-state index contributed by atoms with van der Waals surface area (Å²) in [5.74, 6) is 0. The van der Waals surface area contributed by atoms with Crippen LogP contribution in [0.3, 0.4) is 0 Å². The molecule has 0 aliphatic carbocycles. The van der Waals surface area contributed by atoms with Crippen LogP contribution in [-0.2, 0) is 0 Å². The van der Waals surface area contributed by atoms with Crippen LogP contribution in [0, 0.1) is 5.41 Å². The van der Waals surface area contributed by atoms with Gasteiger partial charge in [-0.3, -0.25) is 0 Å². The third-order valence-corrected chi connectivity index (χ3v) is 2.70. The maximum Gasteiger partial charge on any atom is 0.317 e. The molecule has 0 aromatic rings. The lowest BCUT2D eigenvalue weighted by atomic mass is 9.76. The predicted molar refractivity (Wildman–Crippen MR) is 55.8 cm³/mol. The monoisotopic (exact) mass is 186 g/mol. The van der Waals surface area contributed by atoms with Crippen LogP contribution in [0.2, 0.25) is 0 Å². The van der Waals surface area contributed by atoms with Gasteiger partial charge < -0.3 is 10.2 Å². The van der Waals surface area contributed by atoms with E-state index in [4.69, 9.17) is 0 Å². The van der Waals surface area contributed by atoms with Gasteiger partial charge in [0, 0.05) is 19.6 Å². The number of urea groups is 1. The van der Waals surface area contributed by atoms with Crippen molar-refractivity contribution in [2.75, 3.05) is 14.1 Å². The summed E-state index contributed by atoms with van der Waals surface area (Å²) in [5, 5.41) is 2.98. The van der Waals surface area contributed by atoms with Gasteiger partial charge in [-0.15, -0.1) is 0 Å². The standard InChI is InChI=1S/C10H22N2O/c1-9(2,3)10(4,5)11-8(13)12(6)7/h1-7H3,(H,11,13). The number of carbonyl (C=O) groups is 1. The van der Waals surface area contributed by atoms with Crippen LogP contribution in [0.15, 0.2) is 0 Å². The summed E-state index contributed by atoms with van der Waals surface area (Å²) in [5.41, 5.74) is -0.146. The van der Waals surface area contributed by atoms with Gasteiger partial charge in [0.25, 0.3) is 0 Å². The Kier molecular flexibility index (Phi) is 3.36. The van der Waals surface area contributed by atoms with Gasteiger partial charge in [0.05, 0.1) is 0 Å². The highest BCUT2D eigenvalue weighted by atomic mass is 16.2. The smallest absolute Gasteiger partial charge is 0.317 e. The zero-order valence-corrected chi connectivity index (χ0v) is 9.86. The van der Waals surface area contributed by atoms with E-state index in [0.29, 0.717) is 0 Å². The molecule has 1 N–H and O–H groups in total. The Hall–Kier alpha value is -0.730. The van der Waals surface area contributed by atoms with Crippen molar-refractivity contribution in [1.29, 1.82) is 0 Å². The quantitative estimate of drug-likeness (QED) is 0.668. The molecule has 0 aromatic heterocycles. The first-order valence-electron chi connectivity index (χ1n) is 4.57. The predicted octanol–water partition coefficient (Wildman–Crippen LogP) is 2.08. The fraction of sp³-hybridized carbons (Fsp3) is 0.900. The average molecular weight is 186 g/mol. The van der Waals surface area contributed by atoms with Crippen LogP contribution >= 0.6 is 0 Å². The second kappa shape index (κ2) is 3.56. The maximum atomic E-state index is 11.4. The Bertz CT molecular complexity index is 190. The fourth-order valence-electron chi connectivity index (χ4n) is 0.567. The molecule has 0 bridgehead atoms. The Morgan fingerprint density at radius 3 is 1.69 bits per heavy atom. The van der Waals surface area contributed by atoms with E-state index >= 15 is 0 Å². The first-order valence-corrected chi connectivity index (χ1v) is 4.57. The molecule has 0 saturated heterocycles. The minimum atomic E-state index is -0.200. The van der Waals surface area contributed by atoms with E-state index in [1.54, 1.807) is 19.0 Å². The van der Waals surface area contributed by atoms with E-state index in [0.717, 1.165) is 0 Å². The van der Waals surface area contributed by atoms with Gasteiger partial charge >= 0.3 is 6.03 Å². The first kappa shape index (κ1) is 12.3. The number of nitrogens with zero attached hydrogens (tertiary/aromatic N) is 1. The number of nitrogens with one attached hydrogen (secondary N) is 1. The van der Waals surface area contributed by atoms with Crippen molar-refractivity contribution >= 4 is 6.03 Å². The van der Waals surface area contributed by atoms with Crippen LogP contribution in [0.25, 0.3) is 0 Å². The highest BCUT2D eigenvalue weighted by molar-refractivity contribution is 5.74. The van der Waals surface area contributed by atoms with Crippen molar-refractivity contribution in [2.45, 2.75) is 40.2 Å². The molecule has 0 heterocycles. The third kappa shape index (κ3) is 3.25. The van der Waals surface area contributed by atoms with Crippen molar-refractivity contribution in [2.24, 2.45) is 5.41 Å². The summed E-state index contributed by atoms with van der Waals surface area (Å²) < 4.78 is 0. The van der Waals surface area contributed by atoms with E-state index in [2.05, 4.69) is 26.1 Å². The highest BCUT2D eigenvalue weighted by Crippen LogP contribution is 2.29. The van der Waals surface area contributed by atoms with Gasteiger partial charge in [-0.25, -0.2) is 4.79 Å². The van der Waals surface area contributed by atoms with Gasteiger partial charge in [0.15, 0.2) is 0 Å². The number of hydrogen-bond donors (Lipinski definition) is 1. The average Bonchev–Trinajstić information content (AvgIpc) is 1.83. The maximum absolute atomic E-state index is 11.4. The van der Waals surface area contributed by atoms with E-state index in [1.165, 1.54) is 0 Å². The van der Waals surface area contributed by atoms with Crippen molar-refractivity contribution in [3.05, 3.63) is 0 Å². The van der Waals surface area contributed by atoms with Crippen LogP contribution in [0.4, 0.5) is 4.79 Å². The third-order valence-electron chi connectivity index (χ3n) is 2.70. The normalized spacial score (nSPS) is 12.5. The molecule has 78 valence electrons. The van der Waals surface area contributed by atoms with E-state index in [9.17, 15) is 4.79 Å². The molecule has 3 nitrogen and oxygen atoms in total. The van der Waals surface area contributed by atoms with E-state index in [-0.39, 0.29) is 17.0 Å². The van der Waals surface area contributed by atoms with Crippen LogP contribution < -0.4 is 5.32 Å². The van der Waals surface area contributed by atoms with Crippen molar-refractivity contribution in [1.82, 2.24) is 10.2 Å². The zero-order valence-electron chi connectivity index (χ0n) is 9.86. The number of carbonyl (C=O) groups excluding carboxylic acids is 1. The van der Waals surface area contributed by atoms with Crippen LogP contribution in [0.1, 0.15) is 34.6 Å². The van der Waals surface area contributed by atoms with Gasteiger partial charge in [-0.2, -0.15) is 0 Å². The molecule has 0 rings (SSSR count). The SMILES string of the molecule is CN(C)C(=O)NC(C)(C)C(C)(C)C. The van der Waals surface area contributed by atoms with Crippen molar-refractivity contribution < 1.29 is 4.79 Å². The van der Waals surface area contributed by atoms with Gasteiger partial charge in [0.2, 0.25) is 0 Å². The Labute approximate surface area is 81.5 Å². The molecular weight excluding hydrogens is 164 g/mol. The molecule has 0 spiro atoms. The number of hydrogen-bond acceptors (Lipinski definition) is 1. The second-order valence-electron chi connectivity index (χ2n) is 5.20. The van der Waals surface area contributed by atoms with E-state index < -0.39 is 0 Å². The molecular formula is C10H22N2O. The molecule has 0 aliphatic heterocycles. The molecule has 0 saturated carbocycles. The Morgan fingerprint density at radius 2 is 1.46 bits per heavy atom. The van der Waals surface area contributed by atoms with Crippen molar-refractivity contribution in [3.63, 3.8) is 0 Å². The summed E-state index contributed by atoms with van der Waals surface area (Å²) in [6.07, 6.45) is 0. The lowest BCUT2D eigenvalue weighted by Crippen LogP contribution is -2.55. The lowest BCUT2D eigenvalue weighted by Gasteiger charge is -2.40. The summed E-state index contributed by atoms with van der Waals surface area (Å²) in [6.45, 7) is 10.4. The first-order chi connectivity index (χ1) is 5.58. The molecule has 0 aromatic carbocycles. The van der Waals surface area contributed by atoms with Crippen LogP contribution in [0.5, 0.6) is 0 Å². The lowest BCUT2D eigenvalue weighted by molar-refractivity contribution is 0.158. The molecule has 0 radical (unpaired) electrons. The van der Waals surface area contributed by atoms with Gasteiger partial charge in [-0.1, -0.05) is 20.8 Å². The molecule has 2 amide bonds. The van der Waals surface area contributed by atoms with Gasteiger partial charge in [0.1, 0.15) is 0 Å². The van der Waals surface area contributed by atoms with Gasteiger partial charge in [-0.05, 0) is 19.3 Å². The minimum absolute atomic E-state index is 0.0417. The zero-order chi connectivity index (χ0) is 10.9. The largest absolute Gasteiger partial charge is 0.333 e. The number of amides is 2. The topological polar surface area (TPSA) is 32.3 Å². The van der Waals surface area contributed by atoms with E-state index in [1.807, 2.05) is 13.8 Å². The second-order valence-corrected chi connectivity index (χ2v) is 5.20. The molecule has 0 aliphatic rings. The summed E-state index contributed by atoms with van der Waals surface area (Å²) >= 11 is 0. The molecule has 0 unspecified atom stereocenters. The molecule has 3 heteroatoms. The number of rotatable bonds is 1. The Balaban J connectivity index is 4.44. The summed E-state index contributed by atoms with van der Waals surface area (Å²) in [7, 11) is 3.49. The van der Waals surface area contributed by atoms with Crippen molar-refractivity contribution in [3.8, 4) is 0 Å².